The summed E-state index contributed by atoms with van der Waals surface area (Å²) in [7, 11) is 0. The first-order valence-electron chi connectivity index (χ1n) is 11.8. The Morgan fingerprint density at radius 3 is 2.45 bits per heavy atom. The molecule has 2 amide bonds. The molecule has 33 heavy (non-hydrogen) atoms. The maximum Gasteiger partial charge on any atom is 0.260 e. The van der Waals surface area contributed by atoms with Crippen molar-refractivity contribution in [1.29, 1.82) is 0 Å². The summed E-state index contributed by atoms with van der Waals surface area (Å²) in [5.41, 5.74) is 3.57. The highest BCUT2D eigenvalue weighted by Crippen LogP contribution is 2.28. The molecule has 0 aromatic heterocycles. The van der Waals surface area contributed by atoms with E-state index in [2.05, 4.69) is 10.4 Å². The summed E-state index contributed by atoms with van der Waals surface area (Å²) in [5, 5.41) is 9.59. The van der Waals surface area contributed by atoms with E-state index in [-0.39, 0.29) is 24.5 Å². The number of benzene rings is 2. The minimum absolute atomic E-state index is 0.0111. The van der Waals surface area contributed by atoms with Crippen molar-refractivity contribution < 1.29 is 14.3 Å². The van der Waals surface area contributed by atoms with Crippen LogP contribution in [-0.4, -0.2) is 48.7 Å². The van der Waals surface area contributed by atoms with Gasteiger partial charge < -0.3 is 15.0 Å². The van der Waals surface area contributed by atoms with Gasteiger partial charge in [0.25, 0.3) is 11.8 Å². The SMILES string of the molecule is CCC(NC(=O)c1ccc(N2CCC(C)=N2)cc1)c1ccccc1OCC(=O)N1CCCC1. The molecule has 2 aliphatic rings. The van der Waals surface area contributed by atoms with E-state index in [9.17, 15) is 9.59 Å². The summed E-state index contributed by atoms with van der Waals surface area (Å²) >= 11 is 0. The van der Waals surface area contributed by atoms with Crippen LogP contribution >= 0.6 is 0 Å². The van der Waals surface area contributed by atoms with Gasteiger partial charge in [0.2, 0.25) is 0 Å². The van der Waals surface area contributed by atoms with Crippen LogP contribution in [0.4, 0.5) is 5.69 Å². The Hall–Kier alpha value is -3.35. The van der Waals surface area contributed by atoms with Crippen molar-refractivity contribution in [3.8, 4) is 5.75 Å². The number of carbonyl (C=O) groups is 2. The number of ether oxygens (including phenoxy) is 1. The molecule has 4 rings (SSSR count). The number of rotatable bonds is 8. The Morgan fingerprint density at radius 1 is 1.06 bits per heavy atom. The fourth-order valence-corrected chi connectivity index (χ4v) is 4.28. The van der Waals surface area contributed by atoms with E-state index in [0.29, 0.717) is 17.7 Å². The third kappa shape index (κ3) is 5.53. The van der Waals surface area contributed by atoms with Gasteiger partial charge in [0, 0.05) is 42.9 Å². The number of hydrazone groups is 1. The molecule has 0 saturated carbocycles. The zero-order valence-corrected chi connectivity index (χ0v) is 19.4. The summed E-state index contributed by atoms with van der Waals surface area (Å²) in [5.74, 6) is 0.504. The summed E-state index contributed by atoms with van der Waals surface area (Å²) in [6.45, 7) is 6.54. The highest BCUT2D eigenvalue weighted by molar-refractivity contribution is 5.95. The molecule has 2 aromatic carbocycles. The van der Waals surface area contributed by atoms with Crippen molar-refractivity contribution in [3.63, 3.8) is 0 Å². The van der Waals surface area contributed by atoms with Gasteiger partial charge in [-0.05, 0) is 56.5 Å². The minimum Gasteiger partial charge on any atom is -0.483 e. The number of nitrogens with zero attached hydrogens (tertiary/aromatic N) is 3. The van der Waals surface area contributed by atoms with Gasteiger partial charge in [-0.1, -0.05) is 25.1 Å². The summed E-state index contributed by atoms with van der Waals surface area (Å²) in [4.78, 5) is 27.2. The molecule has 0 bridgehead atoms. The second kappa shape index (κ2) is 10.5. The highest BCUT2D eigenvalue weighted by atomic mass is 16.5. The van der Waals surface area contributed by atoms with Gasteiger partial charge in [-0.2, -0.15) is 5.10 Å². The van der Waals surface area contributed by atoms with E-state index < -0.39 is 0 Å². The molecule has 2 aliphatic heterocycles. The normalized spacial score (nSPS) is 16.5. The Kier molecular flexibility index (Phi) is 7.27. The second-order valence-electron chi connectivity index (χ2n) is 8.60. The molecule has 1 saturated heterocycles. The van der Waals surface area contributed by atoms with Crippen LogP contribution in [0.5, 0.6) is 5.75 Å². The molecule has 0 spiro atoms. The lowest BCUT2D eigenvalue weighted by molar-refractivity contribution is -0.132. The van der Waals surface area contributed by atoms with E-state index in [1.165, 1.54) is 0 Å². The molecule has 7 nitrogen and oxygen atoms in total. The Balaban J connectivity index is 1.41. The maximum absolute atomic E-state index is 13.0. The fraction of sp³-hybridized carbons (Fsp3) is 0.423. The number of likely N-dealkylation sites (tertiary alicyclic amines) is 1. The molecule has 1 fully saturated rings. The predicted octanol–water partition coefficient (Wildman–Crippen LogP) is 4.15. The molecule has 0 radical (unpaired) electrons. The smallest absolute Gasteiger partial charge is 0.260 e. The van der Waals surface area contributed by atoms with Gasteiger partial charge in [0.05, 0.1) is 11.7 Å². The number of para-hydroxylation sites is 1. The molecule has 2 heterocycles. The molecule has 1 N–H and O–H groups in total. The van der Waals surface area contributed by atoms with Crippen LogP contribution in [0.1, 0.15) is 61.5 Å². The Labute approximate surface area is 195 Å². The molecule has 174 valence electrons. The quantitative estimate of drug-likeness (QED) is 0.658. The molecule has 7 heteroatoms. The Morgan fingerprint density at radius 2 is 1.79 bits per heavy atom. The van der Waals surface area contributed by atoms with Gasteiger partial charge in [-0.3, -0.25) is 14.6 Å². The third-order valence-electron chi connectivity index (χ3n) is 6.22. The van der Waals surface area contributed by atoms with Gasteiger partial charge in [0.1, 0.15) is 5.75 Å². The maximum atomic E-state index is 13.0. The van der Waals surface area contributed by atoms with Crippen molar-refractivity contribution in [2.45, 2.75) is 45.6 Å². The molecular weight excluding hydrogens is 416 g/mol. The predicted molar refractivity (Wildman–Crippen MR) is 130 cm³/mol. The van der Waals surface area contributed by atoms with Crippen LogP contribution in [0, 0.1) is 0 Å². The molecule has 1 unspecified atom stereocenters. The zero-order valence-electron chi connectivity index (χ0n) is 19.4. The van der Waals surface area contributed by atoms with Crippen LogP contribution in [0.2, 0.25) is 0 Å². The van der Waals surface area contributed by atoms with Gasteiger partial charge >= 0.3 is 0 Å². The van der Waals surface area contributed by atoms with Crippen molar-refractivity contribution in [2.75, 3.05) is 31.3 Å². The number of anilines is 1. The highest BCUT2D eigenvalue weighted by Gasteiger charge is 2.21. The van der Waals surface area contributed by atoms with Crippen molar-refractivity contribution in [1.82, 2.24) is 10.2 Å². The van der Waals surface area contributed by atoms with Crippen LogP contribution in [0.15, 0.2) is 53.6 Å². The number of nitrogens with one attached hydrogen (secondary N) is 1. The number of hydrogen-bond donors (Lipinski definition) is 1. The van der Waals surface area contributed by atoms with E-state index in [1.807, 2.05) is 72.3 Å². The lowest BCUT2D eigenvalue weighted by Crippen LogP contribution is -2.32. The van der Waals surface area contributed by atoms with Crippen molar-refractivity contribution in [2.24, 2.45) is 5.10 Å². The average Bonchev–Trinajstić information content (AvgIpc) is 3.53. The van der Waals surface area contributed by atoms with Crippen molar-refractivity contribution in [3.05, 3.63) is 59.7 Å². The third-order valence-corrected chi connectivity index (χ3v) is 6.22. The lowest BCUT2D eigenvalue weighted by Gasteiger charge is -2.22. The standard InChI is InChI=1S/C26H32N4O3/c1-3-23(22-8-4-5-9-24(22)33-18-25(31)29-15-6-7-16-29)27-26(32)20-10-12-21(13-11-20)30-17-14-19(2)28-30/h4-5,8-13,23H,3,6-7,14-18H2,1-2H3,(H,27,32). The molecule has 0 aliphatic carbocycles. The average molecular weight is 449 g/mol. The zero-order chi connectivity index (χ0) is 23.2. The number of hydrogen-bond acceptors (Lipinski definition) is 5. The second-order valence-corrected chi connectivity index (χ2v) is 8.60. The fourth-order valence-electron chi connectivity index (χ4n) is 4.28. The Bertz CT molecular complexity index is 1010. The largest absolute Gasteiger partial charge is 0.483 e. The van der Waals surface area contributed by atoms with E-state index >= 15 is 0 Å². The minimum atomic E-state index is -0.221. The van der Waals surface area contributed by atoms with E-state index in [4.69, 9.17) is 4.74 Å². The summed E-state index contributed by atoms with van der Waals surface area (Å²) in [6.07, 6.45) is 3.77. The van der Waals surface area contributed by atoms with Crippen LogP contribution in [-0.2, 0) is 4.79 Å². The molecular formula is C26H32N4O3. The topological polar surface area (TPSA) is 74.2 Å². The molecule has 1 atom stereocenters. The van der Waals surface area contributed by atoms with Crippen LogP contribution < -0.4 is 15.1 Å². The van der Waals surface area contributed by atoms with Gasteiger partial charge in [-0.25, -0.2) is 0 Å². The molecule has 2 aromatic rings. The first-order chi connectivity index (χ1) is 16.0. The summed E-state index contributed by atoms with van der Waals surface area (Å²) < 4.78 is 5.90. The van der Waals surface area contributed by atoms with Gasteiger partial charge in [0.15, 0.2) is 6.61 Å². The lowest BCUT2D eigenvalue weighted by atomic mass is 10.0. The monoisotopic (exact) mass is 448 g/mol. The van der Waals surface area contributed by atoms with E-state index in [0.717, 1.165) is 55.9 Å². The van der Waals surface area contributed by atoms with Gasteiger partial charge in [-0.15, -0.1) is 0 Å². The first-order valence-corrected chi connectivity index (χ1v) is 11.8. The van der Waals surface area contributed by atoms with Crippen LogP contribution in [0.25, 0.3) is 0 Å². The van der Waals surface area contributed by atoms with E-state index in [1.54, 1.807) is 0 Å². The number of amides is 2. The number of carbonyl (C=O) groups excluding carboxylic acids is 2. The van der Waals surface area contributed by atoms with Crippen molar-refractivity contribution >= 4 is 23.2 Å². The van der Waals surface area contributed by atoms with Crippen LogP contribution in [0.3, 0.4) is 0 Å². The summed E-state index contributed by atoms with van der Waals surface area (Å²) in [6, 6.07) is 14.9. The first kappa shape index (κ1) is 22.8.